The van der Waals surface area contributed by atoms with Gasteiger partial charge in [0.05, 0.1) is 6.04 Å². The van der Waals surface area contributed by atoms with Crippen LogP contribution < -0.4 is 5.32 Å². The minimum atomic E-state index is -0.227. The van der Waals surface area contributed by atoms with Crippen molar-refractivity contribution in [3.05, 3.63) is 29.3 Å². The molecule has 5 nitrogen and oxygen atoms in total. The molecule has 1 N–H and O–H groups in total. The molecule has 21 heavy (non-hydrogen) atoms. The molecule has 6 heteroatoms. The molecule has 114 valence electrons. The summed E-state index contributed by atoms with van der Waals surface area (Å²) in [6.07, 6.45) is 0. The molecule has 0 saturated carbocycles. The summed E-state index contributed by atoms with van der Waals surface area (Å²) in [6.45, 7) is 6.24. The second-order valence-electron chi connectivity index (χ2n) is 5.21. The van der Waals surface area contributed by atoms with E-state index >= 15 is 0 Å². The highest BCUT2D eigenvalue weighted by Crippen LogP contribution is 2.15. The zero-order valence-corrected chi connectivity index (χ0v) is 13.1. The van der Waals surface area contributed by atoms with E-state index in [9.17, 15) is 9.59 Å². The van der Waals surface area contributed by atoms with Crippen LogP contribution >= 0.6 is 11.6 Å². The van der Waals surface area contributed by atoms with Crippen molar-refractivity contribution in [2.75, 3.05) is 31.5 Å². The summed E-state index contributed by atoms with van der Waals surface area (Å²) < 4.78 is 0. The largest absolute Gasteiger partial charge is 0.340 e. The highest BCUT2D eigenvalue weighted by Gasteiger charge is 2.26. The van der Waals surface area contributed by atoms with E-state index in [1.807, 2.05) is 6.92 Å². The van der Waals surface area contributed by atoms with Gasteiger partial charge >= 0.3 is 0 Å². The maximum atomic E-state index is 12.2. The zero-order valence-electron chi connectivity index (χ0n) is 12.3. The Morgan fingerprint density at radius 1 is 1.14 bits per heavy atom. The predicted octanol–water partition coefficient (Wildman–Crippen LogP) is 1.83. The topological polar surface area (TPSA) is 52.7 Å². The third-order valence-electron chi connectivity index (χ3n) is 3.80. The summed E-state index contributed by atoms with van der Waals surface area (Å²) in [5, 5.41) is 3.52. The summed E-state index contributed by atoms with van der Waals surface area (Å²) in [5.74, 6) is 0.0431. The molecule has 1 saturated heterocycles. The Morgan fingerprint density at radius 2 is 1.71 bits per heavy atom. The van der Waals surface area contributed by atoms with Gasteiger partial charge < -0.3 is 10.2 Å². The van der Waals surface area contributed by atoms with Gasteiger partial charge in [-0.15, -0.1) is 0 Å². The van der Waals surface area contributed by atoms with Crippen LogP contribution in [0, 0.1) is 0 Å². The molecule has 1 fully saturated rings. The molecule has 0 radical (unpaired) electrons. The highest BCUT2D eigenvalue weighted by molar-refractivity contribution is 6.30. The third kappa shape index (κ3) is 4.19. The number of amides is 2. The number of carbonyl (C=O) groups is 2. The van der Waals surface area contributed by atoms with Gasteiger partial charge in [0.1, 0.15) is 0 Å². The van der Waals surface area contributed by atoms with Crippen LogP contribution in [0.4, 0.5) is 5.69 Å². The van der Waals surface area contributed by atoms with Crippen molar-refractivity contribution in [2.24, 2.45) is 0 Å². The van der Waals surface area contributed by atoms with Crippen LogP contribution in [0.25, 0.3) is 0 Å². The van der Waals surface area contributed by atoms with Crippen LogP contribution in [0.5, 0.6) is 0 Å². The van der Waals surface area contributed by atoms with Crippen molar-refractivity contribution < 1.29 is 9.59 Å². The standard InChI is InChI=1S/C15H20ClN3O2/c1-11(18-7-9-19(10-8-18)12(2)20)15(21)17-14-5-3-13(16)4-6-14/h3-6,11H,7-10H2,1-2H3,(H,17,21)/t11-/m1/s1. The van der Waals surface area contributed by atoms with Crippen LogP contribution in [0.3, 0.4) is 0 Å². The van der Waals surface area contributed by atoms with Gasteiger partial charge in [-0.2, -0.15) is 0 Å². The number of hydrogen-bond donors (Lipinski definition) is 1. The van der Waals surface area contributed by atoms with E-state index in [4.69, 9.17) is 11.6 Å². The van der Waals surface area contributed by atoms with Gasteiger partial charge in [-0.25, -0.2) is 0 Å². The predicted molar refractivity (Wildman–Crippen MR) is 83.4 cm³/mol. The fourth-order valence-corrected chi connectivity index (χ4v) is 2.50. The van der Waals surface area contributed by atoms with Crippen molar-refractivity contribution in [3.8, 4) is 0 Å². The van der Waals surface area contributed by atoms with Crippen LogP contribution in [0.2, 0.25) is 5.02 Å². The van der Waals surface area contributed by atoms with Crippen LogP contribution in [0.15, 0.2) is 24.3 Å². The minimum Gasteiger partial charge on any atom is -0.340 e. The fourth-order valence-electron chi connectivity index (χ4n) is 2.37. The first-order chi connectivity index (χ1) is 9.97. The average molecular weight is 310 g/mol. The molecule has 1 aliphatic rings. The molecule has 1 aliphatic heterocycles. The first-order valence-corrected chi connectivity index (χ1v) is 7.41. The van der Waals surface area contributed by atoms with E-state index in [1.165, 1.54) is 0 Å². The van der Waals surface area contributed by atoms with Gasteiger partial charge in [-0.05, 0) is 31.2 Å². The highest BCUT2D eigenvalue weighted by atomic mass is 35.5. The number of carbonyl (C=O) groups excluding carboxylic acids is 2. The molecule has 1 aromatic carbocycles. The van der Waals surface area contributed by atoms with Crippen LogP contribution in [-0.2, 0) is 9.59 Å². The third-order valence-corrected chi connectivity index (χ3v) is 4.05. The maximum Gasteiger partial charge on any atom is 0.241 e. The van der Waals surface area contributed by atoms with Crippen molar-refractivity contribution in [1.29, 1.82) is 0 Å². The van der Waals surface area contributed by atoms with E-state index in [1.54, 1.807) is 36.1 Å². The number of rotatable bonds is 3. The summed E-state index contributed by atoms with van der Waals surface area (Å²) >= 11 is 5.82. The van der Waals surface area contributed by atoms with Gasteiger partial charge in [0, 0.05) is 43.8 Å². The van der Waals surface area contributed by atoms with Crippen molar-refractivity contribution in [2.45, 2.75) is 19.9 Å². The first-order valence-electron chi connectivity index (χ1n) is 7.03. The molecule has 1 atom stereocenters. The zero-order chi connectivity index (χ0) is 15.4. The summed E-state index contributed by atoms with van der Waals surface area (Å²) in [6, 6.07) is 6.82. The van der Waals surface area contributed by atoms with Crippen molar-refractivity contribution >= 4 is 29.1 Å². The molecule has 0 aromatic heterocycles. The maximum absolute atomic E-state index is 12.2. The second-order valence-corrected chi connectivity index (χ2v) is 5.65. The molecule has 0 unspecified atom stereocenters. The van der Waals surface area contributed by atoms with Gasteiger partial charge in [0.2, 0.25) is 11.8 Å². The molecule has 1 heterocycles. The van der Waals surface area contributed by atoms with Gasteiger partial charge in [-0.3, -0.25) is 14.5 Å². The SMILES string of the molecule is CC(=O)N1CCN([C@H](C)C(=O)Nc2ccc(Cl)cc2)CC1. The Morgan fingerprint density at radius 3 is 2.24 bits per heavy atom. The molecule has 0 spiro atoms. The number of benzene rings is 1. The lowest BCUT2D eigenvalue weighted by Gasteiger charge is -2.37. The number of nitrogens with one attached hydrogen (secondary N) is 1. The molecule has 2 amide bonds. The smallest absolute Gasteiger partial charge is 0.241 e. The lowest BCUT2D eigenvalue weighted by molar-refractivity contribution is -0.131. The fraction of sp³-hybridized carbons (Fsp3) is 0.467. The number of anilines is 1. The second kappa shape index (κ2) is 6.91. The van der Waals surface area contributed by atoms with E-state index in [2.05, 4.69) is 10.2 Å². The lowest BCUT2D eigenvalue weighted by Crippen LogP contribution is -2.53. The Balaban J connectivity index is 1.88. The summed E-state index contributed by atoms with van der Waals surface area (Å²) in [5.41, 5.74) is 0.735. The van der Waals surface area contributed by atoms with Crippen molar-refractivity contribution in [3.63, 3.8) is 0 Å². The van der Waals surface area contributed by atoms with Gasteiger partial charge in [-0.1, -0.05) is 11.6 Å². The molecule has 2 rings (SSSR count). The van der Waals surface area contributed by atoms with E-state index in [0.29, 0.717) is 18.1 Å². The van der Waals surface area contributed by atoms with Crippen molar-refractivity contribution in [1.82, 2.24) is 9.80 Å². The van der Waals surface area contributed by atoms with Gasteiger partial charge in [0.15, 0.2) is 0 Å². The molecule has 0 bridgehead atoms. The average Bonchev–Trinajstić information content (AvgIpc) is 2.49. The Kier molecular flexibility index (Phi) is 5.20. The number of hydrogen-bond acceptors (Lipinski definition) is 3. The van der Waals surface area contributed by atoms with Crippen LogP contribution in [0.1, 0.15) is 13.8 Å². The molecular weight excluding hydrogens is 290 g/mol. The Labute approximate surface area is 129 Å². The quantitative estimate of drug-likeness (QED) is 0.927. The van der Waals surface area contributed by atoms with E-state index in [-0.39, 0.29) is 17.9 Å². The lowest BCUT2D eigenvalue weighted by atomic mass is 10.2. The van der Waals surface area contributed by atoms with Crippen LogP contribution in [-0.4, -0.2) is 53.8 Å². The Hall–Kier alpha value is -1.59. The molecule has 0 aliphatic carbocycles. The number of nitrogens with zero attached hydrogens (tertiary/aromatic N) is 2. The summed E-state index contributed by atoms with van der Waals surface area (Å²) in [7, 11) is 0. The Bertz CT molecular complexity index is 510. The first kappa shape index (κ1) is 15.8. The molecule has 1 aromatic rings. The summed E-state index contributed by atoms with van der Waals surface area (Å²) in [4.78, 5) is 27.4. The number of halogens is 1. The van der Waals surface area contributed by atoms with E-state index < -0.39 is 0 Å². The number of piperazine rings is 1. The normalized spacial score (nSPS) is 17.4. The van der Waals surface area contributed by atoms with Gasteiger partial charge in [0.25, 0.3) is 0 Å². The van der Waals surface area contributed by atoms with E-state index in [0.717, 1.165) is 18.8 Å². The minimum absolute atomic E-state index is 0.0476. The monoisotopic (exact) mass is 309 g/mol. The molecular formula is C15H20ClN3O2.